The average Bonchev–Trinajstić information content (AvgIpc) is 3.30. The van der Waals surface area contributed by atoms with Crippen LogP contribution in [0.1, 0.15) is 30.0 Å². The van der Waals surface area contributed by atoms with E-state index in [1.807, 2.05) is 17.5 Å². The minimum atomic E-state index is -4.40. The number of thiophene rings is 1. The number of alkyl halides is 3. The van der Waals surface area contributed by atoms with Crippen LogP contribution in [0.4, 0.5) is 13.2 Å². The van der Waals surface area contributed by atoms with Gasteiger partial charge in [0.2, 0.25) is 0 Å². The van der Waals surface area contributed by atoms with Gasteiger partial charge in [0, 0.05) is 6.08 Å². The number of carbonyl (C=O) groups is 1. The zero-order valence-electron chi connectivity index (χ0n) is 13.9. The molecule has 0 N–H and O–H groups in total. The number of esters is 1. The van der Waals surface area contributed by atoms with Crippen LogP contribution in [0.15, 0.2) is 52.3 Å². The van der Waals surface area contributed by atoms with E-state index >= 15 is 0 Å². The zero-order chi connectivity index (χ0) is 19.4. The van der Waals surface area contributed by atoms with Crippen LogP contribution in [0.3, 0.4) is 0 Å². The average molecular weight is 394 g/mol. The van der Waals surface area contributed by atoms with E-state index < -0.39 is 23.8 Å². The number of hydrogen-bond donors (Lipinski definition) is 0. The molecular formula is C18H13F3N2O3S. The number of benzene rings is 1. The lowest BCUT2D eigenvalue weighted by molar-refractivity contribution is -0.143. The monoisotopic (exact) mass is 394 g/mol. The van der Waals surface area contributed by atoms with Crippen LogP contribution in [-0.4, -0.2) is 16.2 Å². The summed E-state index contributed by atoms with van der Waals surface area (Å²) in [5, 5.41) is 9.63. The first-order chi connectivity index (χ1) is 12.8. The Balaban J connectivity index is 1.59. The van der Waals surface area contributed by atoms with Crippen molar-refractivity contribution >= 4 is 23.4 Å². The molecule has 0 unspecified atom stereocenters. The van der Waals surface area contributed by atoms with Gasteiger partial charge in [0.15, 0.2) is 6.10 Å². The Morgan fingerprint density at radius 3 is 2.59 bits per heavy atom. The third-order valence-corrected chi connectivity index (χ3v) is 4.32. The second kappa shape index (κ2) is 7.75. The fourth-order valence-corrected chi connectivity index (χ4v) is 2.75. The third kappa shape index (κ3) is 4.82. The van der Waals surface area contributed by atoms with Gasteiger partial charge in [-0.15, -0.1) is 21.5 Å². The van der Waals surface area contributed by atoms with Crippen molar-refractivity contribution in [3.05, 3.63) is 64.9 Å². The predicted octanol–water partition coefficient (Wildman–Crippen LogP) is 5.13. The number of rotatable bonds is 5. The number of carbonyl (C=O) groups excluding carboxylic acids is 1. The van der Waals surface area contributed by atoms with Gasteiger partial charge in [0.25, 0.3) is 11.8 Å². The minimum absolute atomic E-state index is 0.148. The molecule has 0 aliphatic carbocycles. The molecule has 0 aliphatic rings. The van der Waals surface area contributed by atoms with Gasteiger partial charge < -0.3 is 9.15 Å². The van der Waals surface area contributed by atoms with Crippen LogP contribution in [0.2, 0.25) is 0 Å². The first-order valence-electron chi connectivity index (χ1n) is 7.76. The Morgan fingerprint density at radius 2 is 1.96 bits per heavy atom. The van der Waals surface area contributed by atoms with Gasteiger partial charge in [-0.05, 0) is 42.1 Å². The summed E-state index contributed by atoms with van der Waals surface area (Å²) >= 11 is 1.44. The summed E-state index contributed by atoms with van der Waals surface area (Å²) < 4.78 is 48.2. The molecule has 5 nitrogen and oxygen atoms in total. The van der Waals surface area contributed by atoms with E-state index in [0.717, 1.165) is 23.1 Å². The van der Waals surface area contributed by atoms with Gasteiger partial charge in [-0.1, -0.05) is 18.2 Å². The summed E-state index contributed by atoms with van der Waals surface area (Å²) in [5.74, 6) is -0.198. The summed E-state index contributed by atoms with van der Waals surface area (Å²) in [7, 11) is 0. The van der Waals surface area contributed by atoms with E-state index in [1.165, 1.54) is 29.5 Å². The molecule has 27 heavy (non-hydrogen) atoms. The van der Waals surface area contributed by atoms with Crippen LogP contribution in [-0.2, 0) is 15.7 Å². The fourth-order valence-electron chi connectivity index (χ4n) is 2.11. The molecule has 0 fully saturated rings. The van der Waals surface area contributed by atoms with Crippen LogP contribution in [0.25, 0.3) is 16.8 Å². The number of nitrogens with zero attached hydrogens (tertiary/aromatic N) is 2. The smallest absolute Gasteiger partial charge is 0.416 e. The summed E-state index contributed by atoms with van der Waals surface area (Å²) in [5.41, 5.74) is -0.320. The molecule has 0 saturated heterocycles. The highest BCUT2D eigenvalue weighted by molar-refractivity contribution is 7.13. The van der Waals surface area contributed by atoms with Gasteiger partial charge in [-0.2, -0.15) is 13.2 Å². The Bertz CT molecular complexity index is 932. The summed E-state index contributed by atoms with van der Waals surface area (Å²) in [4.78, 5) is 12.7. The van der Waals surface area contributed by atoms with Crippen molar-refractivity contribution in [2.45, 2.75) is 19.2 Å². The highest BCUT2D eigenvalue weighted by atomic mass is 32.1. The van der Waals surface area contributed by atoms with E-state index in [9.17, 15) is 18.0 Å². The molecule has 0 spiro atoms. The lowest BCUT2D eigenvalue weighted by atomic mass is 10.1. The third-order valence-electron chi connectivity index (χ3n) is 3.46. The standard InChI is InChI=1S/C18H13F3N2O3S/c1-11(16-22-23-17(26-16)14-3-2-10-27-14)25-15(24)9-6-12-4-7-13(8-5-12)18(19,20)21/h2-11H,1H3/b9-6+/t11-/m1/s1. The van der Waals surface area contributed by atoms with Crippen LogP contribution in [0.5, 0.6) is 0 Å². The molecule has 2 heterocycles. The maximum Gasteiger partial charge on any atom is 0.416 e. The quantitative estimate of drug-likeness (QED) is 0.443. The molecule has 140 valence electrons. The first-order valence-corrected chi connectivity index (χ1v) is 8.64. The number of aromatic nitrogens is 2. The van der Waals surface area contributed by atoms with Crippen LogP contribution >= 0.6 is 11.3 Å². The molecule has 3 aromatic rings. The second-order valence-corrected chi connectivity index (χ2v) is 6.40. The molecule has 0 bridgehead atoms. The Kier molecular flexibility index (Phi) is 5.41. The molecule has 0 radical (unpaired) electrons. The summed E-state index contributed by atoms with van der Waals surface area (Å²) in [6.07, 6.45) is -2.69. The van der Waals surface area contributed by atoms with Crippen LogP contribution < -0.4 is 0 Å². The molecular weight excluding hydrogens is 381 g/mol. The summed E-state index contributed by atoms with van der Waals surface area (Å²) in [6.45, 7) is 1.58. The Morgan fingerprint density at radius 1 is 1.22 bits per heavy atom. The normalized spacial score (nSPS) is 13.0. The molecule has 3 rings (SSSR count). The molecule has 1 atom stereocenters. The van der Waals surface area contributed by atoms with E-state index in [-0.39, 0.29) is 5.89 Å². The lowest BCUT2D eigenvalue weighted by Crippen LogP contribution is -2.06. The largest absolute Gasteiger partial charge is 0.449 e. The number of hydrogen-bond acceptors (Lipinski definition) is 6. The molecule has 0 aliphatic heterocycles. The van der Waals surface area contributed by atoms with Gasteiger partial charge in [-0.25, -0.2) is 4.79 Å². The fraction of sp³-hybridized carbons (Fsp3) is 0.167. The summed E-state index contributed by atoms with van der Waals surface area (Å²) in [6, 6.07) is 8.09. The lowest BCUT2D eigenvalue weighted by Gasteiger charge is -2.07. The Labute approximate surface area is 156 Å². The first kappa shape index (κ1) is 18.8. The minimum Gasteiger partial charge on any atom is -0.449 e. The van der Waals surface area contributed by atoms with Crippen molar-refractivity contribution in [1.82, 2.24) is 10.2 Å². The van der Waals surface area contributed by atoms with E-state index in [1.54, 1.807) is 6.92 Å². The molecule has 0 amide bonds. The van der Waals surface area contributed by atoms with Crippen molar-refractivity contribution in [2.24, 2.45) is 0 Å². The second-order valence-electron chi connectivity index (χ2n) is 5.45. The SMILES string of the molecule is C[C@@H](OC(=O)/C=C/c1ccc(C(F)(F)F)cc1)c1nnc(-c2cccs2)o1. The highest BCUT2D eigenvalue weighted by Gasteiger charge is 2.29. The van der Waals surface area contributed by atoms with Crippen molar-refractivity contribution in [2.75, 3.05) is 0 Å². The molecule has 2 aromatic heterocycles. The maximum atomic E-state index is 12.5. The maximum absolute atomic E-state index is 12.5. The van der Waals surface area contributed by atoms with Gasteiger partial charge in [-0.3, -0.25) is 0 Å². The zero-order valence-corrected chi connectivity index (χ0v) is 14.8. The van der Waals surface area contributed by atoms with Crippen molar-refractivity contribution in [3.63, 3.8) is 0 Å². The van der Waals surface area contributed by atoms with Crippen molar-refractivity contribution in [3.8, 4) is 10.8 Å². The van der Waals surface area contributed by atoms with Gasteiger partial charge >= 0.3 is 12.1 Å². The topological polar surface area (TPSA) is 65.2 Å². The molecule has 1 aromatic carbocycles. The Hall–Kier alpha value is -2.94. The molecule has 9 heteroatoms. The van der Waals surface area contributed by atoms with Crippen molar-refractivity contribution in [1.29, 1.82) is 0 Å². The van der Waals surface area contributed by atoms with E-state index in [4.69, 9.17) is 9.15 Å². The molecule has 0 saturated carbocycles. The highest BCUT2D eigenvalue weighted by Crippen LogP contribution is 2.29. The van der Waals surface area contributed by atoms with Crippen molar-refractivity contribution < 1.29 is 27.1 Å². The number of ether oxygens (including phenoxy) is 1. The number of halogens is 3. The van der Waals surface area contributed by atoms with Crippen LogP contribution in [0, 0.1) is 0 Å². The van der Waals surface area contributed by atoms with Gasteiger partial charge in [0.05, 0.1) is 10.4 Å². The van der Waals surface area contributed by atoms with E-state index in [0.29, 0.717) is 11.5 Å². The van der Waals surface area contributed by atoms with Gasteiger partial charge in [0.1, 0.15) is 0 Å². The predicted molar refractivity (Wildman–Crippen MR) is 92.6 cm³/mol. The van der Waals surface area contributed by atoms with E-state index in [2.05, 4.69) is 10.2 Å².